The van der Waals surface area contributed by atoms with Crippen LogP contribution in [-0.2, 0) is 0 Å². The second kappa shape index (κ2) is 10.3. The summed E-state index contributed by atoms with van der Waals surface area (Å²) in [6.45, 7) is 2.56. The lowest BCUT2D eigenvalue weighted by Gasteiger charge is -2.11. The predicted molar refractivity (Wildman–Crippen MR) is 110 cm³/mol. The Bertz CT molecular complexity index is 865. The van der Waals surface area contributed by atoms with Crippen molar-refractivity contribution in [2.45, 2.75) is 11.8 Å². The molecule has 0 atom stereocenters. The van der Waals surface area contributed by atoms with E-state index in [1.54, 1.807) is 43.1 Å². The van der Waals surface area contributed by atoms with E-state index in [1.807, 2.05) is 31.4 Å². The molecule has 0 aliphatic heterocycles. The second-order valence-electron chi connectivity index (χ2n) is 5.40. The number of ether oxygens (including phenoxy) is 3. The molecular weight excluding hydrogens is 360 g/mol. The number of terminal acetylenes is 1. The Hall–Kier alpha value is -2.84. The van der Waals surface area contributed by atoms with Crippen LogP contribution in [-0.4, -0.2) is 32.4 Å². The van der Waals surface area contributed by atoms with Gasteiger partial charge in [0.05, 0.1) is 13.7 Å². The Balaban J connectivity index is 2.20. The number of hydrogen-bond acceptors (Lipinski definition) is 5. The van der Waals surface area contributed by atoms with Crippen LogP contribution in [0.15, 0.2) is 47.4 Å². The molecule has 140 valence electrons. The molecular formula is C22H22O4S. The second-order valence-corrected chi connectivity index (χ2v) is 6.25. The van der Waals surface area contributed by atoms with Crippen LogP contribution in [0.1, 0.15) is 22.8 Å². The van der Waals surface area contributed by atoms with Crippen molar-refractivity contribution in [3.63, 3.8) is 0 Å². The van der Waals surface area contributed by atoms with Crippen LogP contribution in [0.2, 0.25) is 0 Å². The van der Waals surface area contributed by atoms with Crippen LogP contribution in [0.5, 0.6) is 17.2 Å². The van der Waals surface area contributed by atoms with Crippen LogP contribution < -0.4 is 14.2 Å². The van der Waals surface area contributed by atoms with Crippen LogP contribution >= 0.6 is 11.8 Å². The van der Waals surface area contributed by atoms with Crippen LogP contribution in [0, 0.1) is 12.3 Å². The molecule has 0 bridgehead atoms. The normalized spacial score (nSPS) is 10.4. The first-order chi connectivity index (χ1) is 13.1. The topological polar surface area (TPSA) is 44.8 Å². The highest BCUT2D eigenvalue weighted by molar-refractivity contribution is 7.98. The fraction of sp³-hybridized carbons (Fsp3) is 0.227. The van der Waals surface area contributed by atoms with Crippen LogP contribution in [0.25, 0.3) is 6.08 Å². The van der Waals surface area contributed by atoms with E-state index in [4.69, 9.17) is 20.6 Å². The number of hydrogen-bond donors (Lipinski definition) is 0. The summed E-state index contributed by atoms with van der Waals surface area (Å²) in [6, 6.07) is 10.9. The Kier molecular flexibility index (Phi) is 7.84. The van der Waals surface area contributed by atoms with Gasteiger partial charge in [0.25, 0.3) is 0 Å². The van der Waals surface area contributed by atoms with E-state index in [9.17, 15) is 4.79 Å². The van der Waals surface area contributed by atoms with Gasteiger partial charge in [0.1, 0.15) is 12.4 Å². The quantitative estimate of drug-likeness (QED) is 0.272. The van der Waals surface area contributed by atoms with Crippen molar-refractivity contribution in [3.05, 3.63) is 53.6 Å². The van der Waals surface area contributed by atoms with Crippen molar-refractivity contribution in [1.82, 2.24) is 0 Å². The van der Waals surface area contributed by atoms with Gasteiger partial charge in [-0.25, -0.2) is 0 Å². The molecule has 27 heavy (non-hydrogen) atoms. The lowest BCUT2D eigenvalue weighted by molar-refractivity contribution is 0.104. The summed E-state index contributed by atoms with van der Waals surface area (Å²) in [5.41, 5.74) is 1.40. The summed E-state index contributed by atoms with van der Waals surface area (Å²) in [5, 5.41) is 0. The van der Waals surface area contributed by atoms with Gasteiger partial charge in [0, 0.05) is 10.5 Å². The SMILES string of the molecule is C#CCOc1ccc(/C=C/C(=O)c2ccc(SC)c(OC)c2)cc1OCC. The molecule has 5 heteroatoms. The third-order valence-corrected chi connectivity index (χ3v) is 4.45. The van der Waals surface area contributed by atoms with E-state index in [1.165, 1.54) is 6.08 Å². The zero-order valence-corrected chi connectivity index (χ0v) is 16.5. The molecule has 0 aliphatic carbocycles. The molecule has 0 saturated heterocycles. The Morgan fingerprint density at radius 3 is 2.63 bits per heavy atom. The minimum atomic E-state index is -0.105. The predicted octanol–water partition coefficient (Wildman–Crippen LogP) is 4.72. The maximum Gasteiger partial charge on any atom is 0.185 e. The smallest absolute Gasteiger partial charge is 0.185 e. The van der Waals surface area contributed by atoms with E-state index >= 15 is 0 Å². The average Bonchev–Trinajstić information content (AvgIpc) is 2.70. The standard InChI is InChI=1S/C22H22O4S/c1-5-13-26-19-11-8-16(14-20(19)25-6-2)7-10-18(23)17-9-12-22(27-4)21(15-17)24-3/h1,7-12,14-15H,6,13H2,2-4H3/b10-7+. The highest BCUT2D eigenvalue weighted by Gasteiger charge is 2.09. The molecule has 0 unspecified atom stereocenters. The van der Waals surface area contributed by atoms with Gasteiger partial charge in [-0.15, -0.1) is 18.2 Å². The van der Waals surface area contributed by atoms with Gasteiger partial charge in [0.15, 0.2) is 17.3 Å². The summed E-state index contributed by atoms with van der Waals surface area (Å²) in [4.78, 5) is 13.5. The summed E-state index contributed by atoms with van der Waals surface area (Å²) < 4.78 is 16.4. The highest BCUT2D eigenvalue weighted by atomic mass is 32.2. The number of rotatable bonds is 9. The van der Waals surface area contributed by atoms with Crippen molar-refractivity contribution in [3.8, 4) is 29.6 Å². The van der Waals surface area contributed by atoms with E-state index in [0.29, 0.717) is 29.4 Å². The molecule has 0 N–H and O–H groups in total. The molecule has 0 fully saturated rings. The Labute approximate surface area is 164 Å². The van der Waals surface area contributed by atoms with Crippen molar-refractivity contribution in [2.75, 3.05) is 26.6 Å². The lowest BCUT2D eigenvalue weighted by atomic mass is 10.1. The molecule has 4 nitrogen and oxygen atoms in total. The number of benzene rings is 2. The fourth-order valence-electron chi connectivity index (χ4n) is 2.39. The van der Waals surface area contributed by atoms with Crippen molar-refractivity contribution in [1.29, 1.82) is 0 Å². The summed E-state index contributed by atoms with van der Waals surface area (Å²) in [6.07, 6.45) is 10.5. The molecule has 0 aliphatic rings. The number of methoxy groups -OCH3 is 1. The highest BCUT2D eigenvalue weighted by Crippen LogP contribution is 2.30. The Morgan fingerprint density at radius 2 is 1.96 bits per heavy atom. The molecule has 2 aromatic carbocycles. The van der Waals surface area contributed by atoms with Gasteiger partial charge >= 0.3 is 0 Å². The van der Waals surface area contributed by atoms with Gasteiger partial charge in [-0.05, 0) is 55.2 Å². The average molecular weight is 382 g/mol. The third-order valence-electron chi connectivity index (χ3n) is 3.67. The van der Waals surface area contributed by atoms with E-state index in [0.717, 1.165) is 10.5 Å². The van der Waals surface area contributed by atoms with Gasteiger partial charge in [-0.1, -0.05) is 18.1 Å². The first kappa shape index (κ1) is 20.5. The molecule has 0 spiro atoms. The summed E-state index contributed by atoms with van der Waals surface area (Å²) in [5.74, 6) is 4.18. The summed E-state index contributed by atoms with van der Waals surface area (Å²) in [7, 11) is 1.60. The molecule has 0 heterocycles. The monoisotopic (exact) mass is 382 g/mol. The maximum atomic E-state index is 12.5. The molecule has 2 aromatic rings. The molecule has 2 rings (SSSR count). The van der Waals surface area contributed by atoms with Gasteiger partial charge in [-0.3, -0.25) is 4.79 Å². The number of ketones is 1. The van der Waals surface area contributed by atoms with E-state index < -0.39 is 0 Å². The van der Waals surface area contributed by atoms with Crippen molar-refractivity contribution >= 4 is 23.6 Å². The maximum absolute atomic E-state index is 12.5. The largest absolute Gasteiger partial charge is 0.496 e. The number of thioether (sulfide) groups is 1. The van der Waals surface area contributed by atoms with Crippen molar-refractivity contribution < 1.29 is 19.0 Å². The number of carbonyl (C=O) groups excluding carboxylic acids is 1. The van der Waals surface area contributed by atoms with Crippen molar-refractivity contribution in [2.24, 2.45) is 0 Å². The van der Waals surface area contributed by atoms with Gasteiger partial charge < -0.3 is 14.2 Å². The van der Waals surface area contributed by atoms with Gasteiger partial charge in [0.2, 0.25) is 0 Å². The molecule has 0 aromatic heterocycles. The molecule has 0 amide bonds. The third kappa shape index (κ3) is 5.57. The van der Waals surface area contributed by atoms with E-state index in [2.05, 4.69) is 5.92 Å². The summed E-state index contributed by atoms with van der Waals surface area (Å²) >= 11 is 1.57. The number of allylic oxidation sites excluding steroid dienone is 1. The van der Waals surface area contributed by atoms with Gasteiger partial charge in [-0.2, -0.15) is 0 Å². The fourth-order valence-corrected chi connectivity index (χ4v) is 2.94. The Morgan fingerprint density at radius 1 is 1.15 bits per heavy atom. The zero-order valence-electron chi connectivity index (χ0n) is 15.7. The first-order valence-electron chi connectivity index (χ1n) is 8.40. The lowest BCUT2D eigenvalue weighted by Crippen LogP contribution is -1.99. The van der Waals surface area contributed by atoms with Crippen LogP contribution in [0.3, 0.4) is 0 Å². The first-order valence-corrected chi connectivity index (χ1v) is 9.63. The number of carbonyl (C=O) groups is 1. The molecule has 0 radical (unpaired) electrons. The van der Waals surface area contributed by atoms with Crippen LogP contribution in [0.4, 0.5) is 0 Å². The van der Waals surface area contributed by atoms with E-state index in [-0.39, 0.29) is 12.4 Å². The zero-order chi connectivity index (χ0) is 19.6. The minimum absolute atomic E-state index is 0.105. The molecule has 0 saturated carbocycles. The minimum Gasteiger partial charge on any atom is -0.496 e.